The summed E-state index contributed by atoms with van der Waals surface area (Å²) in [6.45, 7) is 1.25. The predicted molar refractivity (Wildman–Crippen MR) is 124 cm³/mol. The molecule has 35 heavy (non-hydrogen) atoms. The molecule has 2 saturated heterocycles. The van der Waals surface area contributed by atoms with Crippen molar-refractivity contribution in [3.8, 4) is 5.75 Å². The Balaban J connectivity index is 1.49. The Hall–Kier alpha value is -3.09. The summed E-state index contributed by atoms with van der Waals surface area (Å²) in [6.07, 6.45) is 3.26. The van der Waals surface area contributed by atoms with Crippen LogP contribution in [-0.4, -0.2) is 56.1 Å². The lowest BCUT2D eigenvalue weighted by Crippen LogP contribution is -2.28. The first-order valence-corrected chi connectivity index (χ1v) is 12.3. The van der Waals surface area contributed by atoms with E-state index in [2.05, 4.69) is 4.98 Å². The van der Waals surface area contributed by atoms with Gasteiger partial charge in [0.1, 0.15) is 35.2 Å². The molecule has 4 heterocycles. The van der Waals surface area contributed by atoms with Crippen LogP contribution >= 0.6 is 0 Å². The maximum absolute atomic E-state index is 14.8. The molecule has 1 aromatic carbocycles. The first-order valence-electron chi connectivity index (χ1n) is 11.2. The SMILES string of the molecule is O=C(NS(=O)O)c1cnc2ccc(N3C[C@@H](F)C[C@@H]3c3cc(F)ccc3OC3CCOCC3)cn12. The van der Waals surface area contributed by atoms with E-state index < -0.39 is 35.2 Å². The molecule has 2 N–H and O–H groups in total. The molecule has 0 spiro atoms. The predicted octanol–water partition coefficient (Wildman–Crippen LogP) is 3.19. The van der Waals surface area contributed by atoms with Crippen LogP contribution in [0.25, 0.3) is 5.65 Å². The van der Waals surface area contributed by atoms with Crippen LogP contribution in [0.2, 0.25) is 0 Å². The summed E-state index contributed by atoms with van der Waals surface area (Å²) in [5.74, 6) is -0.715. The maximum Gasteiger partial charge on any atom is 0.283 e. The van der Waals surface area contributed by atoms with E-state index in [0.29, 0.717) is 35.9 Å². The van der Waals surface area contributed by atoms with Gasteiger partial charge < -0.3 is 14.4 Å². The number of hydrogen-bond acceptors (Lipinski definition) is 6. The average molecular weight is 507 g/mol. The number of nitrogens with zero attached hydrogens (tertiary/aromatic N) is 3. The van der Waals surface area contributed by atoms with Crippen LogP contribution in [-0.2, 0) is 16.0 Å². The van der Waals surface area contributed by atoms with Gasteiger partial charge in [-0.25, -0.2) is 22.7 Å². The molecule has 0 radical (unpaired) electrons. The van der Waals surface area contributed by atoms with Gasteiger partial charge in [-0.1, -0.05) is 0 Å². The number of aromatic nitrogens is 2. The lowest BCUT2D eigenvalue weighted by molar-refractivity contribution is 0.0250. The van der Waals surface area contributed by atoms with Gasteiger partial charge in [-0.15, -0.1) is 0 Å². The summed E-state index contributed by atoms with van der Waals surface area (Å²) >= 11 is -2.53. The Morgan fingerprint density at radius 1 is 1.26 bits per heavy atom. The standard InChI is InChI=1S/C23H24F2N4O5S/c24-14-1-3-21(34-17-5-7-33-8-6-17)18(9-14)19-10-15(25)12-28(19)16-2-4-22-26-11-20(29(22)13-16)23(30)27-35(31)32/h1-4,9,11,13,15,17,19H,5-8,10,12H2,(H,27,30)(H,31,32)/t15-,19+/m0/s1. The summed E-state index contributed by atoms with van der Waals surface area (Å²) in [6, 6.07) is 7.21. The molecule has 0 aliphatic carbocycles. The molecule has 1 unspecified atom stereocenters. The molecule has 2 aliphatic heterocycles. The number of fused-ring (bicyclic) bond motifs is 1. The average Bonchev–Trinajstić information content (AvgIpc) is 3.43. The van der Waals surface area contributed by atoms with E-state index in [1.165, 1.54) is 22.7 Å². The van der Waals surface area contributed by atoms with Gasteiger partial charge in [-0.2, -0.15) is 0 Å². The number of amides is 1. The highest BCUT2D eigenvalue weighted by Crippen LogP contribution is 2.42. The van der Waals surface area contributed by atoms with Gasteiger partial charge in [0, 0.05) is 37.6 Å². The molecule has 2 aliphatic rings. The first kappa shape index (κ1) is 23.6. The Labute approximate surface area is 202 Å². The number of anilines is 1. The quantitative estimate of drug-likeness (QED) is 0.495. The summed E-state index contributed by atoms with van der Waals surface area (Å²) in [4.78, 5) is 18.3. The van der Waals surface area contributed by atoms with Crippen LogP contribution in [0.1, 0.15) is 41.4 Å². The van der Waals surface area contributed by atoms with Gasteiger partial charge >= 0.3 is 0 Å². The van der Waals surface area contributed by atoms with Crippen molar-refractivity contribution in [2.45, 2.75) is 37.6 Å². The third-order valence-corrected chi connectivity index (χ3v) is 6.64. The molecule has 3 aromatic rings. The second-order valence-corrected chi connectivity index (χ2v) is 9.25. The number of carbonyl (C=O) groups excluding carboxylic acids is 1. The van der Waals surface area contributed by atoms with Crippen molar-refractivity contribution < 1.29 is 31.8 Å². The van der Waals surface area contributed by atoms with Gasteiger partial charge in [0.2, 0.25) is 0 Å². The fourth-order valence-electron chi connectivity index (χ4n) is 4.66. The van der Waals surface area contributed by atoms with E-state index in [9.17, 15) is 17.8 Å². The smallest absolute Gasteiger partial charge is 0.283 e. The Kier molecular flexibility index (Phi) is 6.67. The number of nitrogens with one attached hydrogen (secondary N) is 1. The van der Waals surface area contributed by atoms with Gasteiger partial charge in [0.05, 0.1) is 31.1 Å². The molecule has 9 nitrogen and oxygen atoms in total. The number of pyridine rings is 1. The largest absolute Gasteiger partial charge is 0.490 e. The van der Waals surface area contributed by atoms with Crippen LogP contribution in [0, 0.1) is 5.82 Å². The minimum atomic E-state index is -2.53. The third-order valence-electron chi connectivity index (χ3n) is 6.28. The van der Waals surface area contributed by atoms with Crippen molar-refractivity contribution in [1.29, 1.82) is 0 Å². The highest BCUT2D eigenvalue weighted by atomic mass is 32.2. The zero-order valence-corrected chi connectivity index (χ0v) is 19.4. The van der Waals surface area contributed by atoms with Crippen molar-refractivity contribution in [2.75, 3.05) is 24.7 Å². The van der Waals surface area contributed by atoms with Gasteiger partial charge in [-0.3, -0.25) is 13.7 Å². The lowest BCUT2D eigenvalue weighted by Gasteiger charge is -2.30. The molecule has 12 heteroatoms. The number of benzene rings is 1. The molecule has 186 valence electrons. The second kappa shape index (κ2) is 9.88. The maximum atomic E-state index is 14.8. The minimum Gasteiger partial charge on any atom is -0.490 e. The normalized spacial score (nSPS) is 21.9. The van der Waals surface area contributed by atoms with Crippen LogP contribution in [0.5, 0.6) is 5.75 Å². The Bertz CT molecular complexity index is 1270. The van der Waals surface area contributed by atoms with Crippen molar-refractivity contribution in [1.82, 2.24) is 14.1 Å². The van der Waals surface area contributed by atoms with Crippen LogP contribution < -0.4 is 14.4 Å². The van der Waals surface area contributed by atoms with Crippen molar-refractivity contribution in [3.63, 3.8) is 0 Å². The minimum absolute atomic E-state index is 0.0473. The van der Waals surface area contributed by atoms with Crippen molar-refractivity contribution in [2.24, 2.45) is 0 Å². The molecule has 5 rings (SSSR count). The molecule has 0 saturated carbocycles. The van der Waals surface area contributed by atoms with E-state index in [4.69, 9.17) is 14.0 Å². The van der Waals surface area contributed by atoms with Crippen molar-refractivity contribution in [3.05, 3.63) is 59.8 Å². The summed E-state index contributed by atoms with van der Waals surface area (Å²) < 4.78 is 64.0. The molecule has 1 amide bonds. The number of imidazole rings is 1. The molecule has 2 fully saturated rings. The van der Waals surface area contributed by atoms with E-state index in [-0.39, 0.29) is 24.8 Å². The lowest BCUT2D eigenvalue weighted by atomic mass is 10.0. The van der Waals surface area contributed by atoms with Gasteiger partial charge in [-0.05, 0) is 30.3 Å². The monoisotopic (exact) mass is 506 g/mol. The van der Waals surface area contributed by atoms with Crippen LogP contribution in [0.3, 0.4) is 0 Å². The molecular weight excluding hydrogens is 482 g/mol. The van der Waals surface area contributed by atoms with E-state index >= 15 is 0 Å². The fourth-order valence-corrected chi connectivity index (χ4v) is 4.93. The van der Waals surface area contributed by atoms with Crippen LogP contribution in [0.4, 0.5) is 14.5 Å². The van der Waals surface area contributed by atoms with E-state index in [1.54, 1.807) is 24.4 Å². The number of halogens is 2. The number of rotatable bonds is 6. The van der Waals surface area contributed by atoms with Crippen LogP contribution in [0.15, 0.2) is 42.7 Å². The number of ether oxygens (including phenoxy) is 2. The highest BCUT2D eigenvalue weighted by Gasteiger charge is 2.36. The molecule has 2 aromatic heterocycles. The first-order chi connectivity index (χ1) is 16.9. The second-order valence-electron chi connectivity index (χ2n) is 8.55. The number of carbonyl (C=O) groups is 1. The molecule has 0 bridgehead atoms. The van der Waals surface area contributed by atoms with Gasteiger partial charge in [0.15, 0.2) is 0 Å². The number of hydrogen-bond donors (Lipinski definition) is 2. The van der Waals surface area contributed by atoms with E-state index in [0.717, 1.165) is 12.8 Å². The number of alkyl halides is 1. The molecule has 3 atom stereocenters. The Morgan fingerprint density at radius 2 is 2.06 bits per heavy atom. The topological polar surface area (TPSA) is 105 Å². The third kappa shape index (κ3) is 5.00. The summed E-state index contributed by atoms with van der Waals surface area (Å²) in [7, 11) is 0. The highest BCUT2D eigenvalue weighted by molar-refractivity contribution is 7.77. The summed E-state index contributed by atoms with van der Waals surface area (Å²) in [5, 5.41) is 0. The zero-order chi connectivity index (χ0) is 24.5. The van der Waals surface area contributed by atoms with Crippen molar-refractivity contribution >= 4 is 28.5 Å². The zero-order valence-electron chi connectivity index (χ0n) is 18.6. The summed E-state index contributed by atoms with van der Waals surface area (Å²) in [5.41, 5.74) is 1.62. The molecular formula is C23H24F2N4O5S. The fraction of sp³-hybridized carbons (Fsp3) is 0.391. The Morgan fingerprint density at radius 3 is 2.83 bits per heavy atom. The van der Waals surface area contributed by atoms with E-state index in [1.807, 2.05) is 9.62 Å². The van der Waals surface area contributed by atoms with Gasteiger partial charge in [0.25, 0.3) is 17.2 Å².